The predicted molar refractivity (Wildman–Crippen MR) is 296 cm³/mol. The van der Waals surface area contributed by atoms with Crippen LogP contribution in [-0.4, -0.2) is 108 Å². The number of ketones is 2. The second-order valence-corrected chi connectivity index (χ2v) is 33.8. The predicted octanol–water partition coefficient (Wildman–Crippen LogP) is 10.5. The Bertz CT molecular complexity index is 2760. The van der Waals surface area contributed by atoms with E-state index in [0.29, 0.717) is 83.7 Å². The Labute approximate surface area is 466 Å². The number of nitrogens with zero attached hydrogens (tertiary/aromatic N) is 2. The van der Waals surface area contributed by atoms with Crippen LogP contribution in [0, 0.1) is 55.2 Å². The molecule has 10 aliphatic rings. The number of hydrogen-bond donors (Lipinski definition) is 2. The summed E-state index contributed by atoms with van der Waals surface area (Å²) in [6.07, 6.45) is 14.7. The molecule has 8 saturated carbocycles. The van der Waals surface area contributed by atoms with Crippen LogP contribution >= 0.6 is 0 Å². The highest BCUT2D eigenvalue weighted by molar-refractivity contribution is 7.92. The van der Waals surface area contributed by atoms with Crippen LogP contribution in [0.4, 0.5) is 9.59 Å². The van der Waals surface area contributed by atoms with Crippen molar-refractivity contribution in [2.45, 2.75) is 258 Å². The fourth-order valence-corrected chi connectivity index (χ4v) is 21.0. The average Bonchev–Trinajstić information content (AvgIpc) is 4.06. The Morgan fingerprint density at radius 1 is 0.564 bits per heavy atom. The number of likely N-dealkylation sites (tertiary alicyclic amines) is 2. The lowest BCUT2D eigenvalue weighted by molar-refractivity contribution is -0.132. The summed E-state index contributed by atoms with van der Waals surface area (Å²) >= 11 is 0. The topological polar surface area (TPSA) is 220 Å². The van der Waals surface area contributed by atoms with Crippen molar-refractivity contribution >= 4 is 55.6 Å². The van der Waals surface area contributed by atoms with Gasteiger partial charge in [-0.15, -0.1) is 6.58 Å². The number of hydrogen-bond acceptors (Lipinski definition) is 12. The zero-order chi connectivity index (χ0) is 57.7. The van der Waals surface area contributed by atoms with Gasteiger partial charge in [-0.05, 0) is 165 Å². The molecular formula is C60H94N4O12S2. The molecule has 10 fully saturated rings. The molecule has 438 valence electrons. The molecule has 2 saturated heterocycles. The number of ether oxygens (including phenoxy) is 2. The minimum absolute atomic E-state index is 0.0117. The van der Waals surface area contributed by atoms with Crippen molar-refractivity contribution in [3.8, 4) is 0 Å². The molecular weight excluding hydrogens is 1030 g/mol. The summed E-state index contributed by atoms with van der Waals surface area (Å²) in [6.45, 7) is 30.6. The Hall–Kier alpha value is -3.54. The molecule has 2 N–H and O–H groups in total. The standard InChI is InChI=1S/C30H48N2O6S.C30H46N2O6S/c2*1-8-11-27(14-15-27)39(36,37)31-23(34)28(16-20(28)9-2)18-22(33)21-17-30(26(6,7)29(30)12-10-13-29)19-32(21)24(35)38-25(3,4)5/h20-21H,8-19H2,1-7H3,(H,31,34);9,20-21H,2,8,10-19H2,1,3-7H3,(H,31,34)/t2*20-,21+,28-,30-/m11/s1. The Kier molecular flexibility index (Phi) is 14.0. The summed E-state index contributed by atoms with van der Waals surface area (Å²) < 4.78 is 67.3. The van der Waals surface area contributed by atoms with Crippen molar-refractivity contribution in [3.05, 3.63) is 12.7 Å². The zero-order valence-electron chi connectivity index (χ0n) is 49.5. The number of Topliss-reactive ketones (excluding diaryl/α,β-unsaturated/α-hetero) is 2. The second-order valence-electron chi connectivity index (χ2n) is 29.6. The number of carbonyl (C=O) groups is 6. The molecule has 0 aromatic rings. The zero-order valence-corrected chi connectivity index (χ0v) is 51.1. The van der Waals surface area contributed by atoms with Crippen molar-refractivity contribution in [1.29, 1.82) is 0 Å². The van der Waals surface area contributed by atoms with Gasteiger partial charge >= 0.3 is 12.2 Å². The van der Waals surface area contributed by atoms with Gasteiger partial charge in [-0.3, -0.25) is 38.4 Å². The highest BCUT2D eigenvalue weighted by Crippen LogP contribution is 2.89. The molecule has 8 atom stereocenters. The third kappa shape index (κ3) is 8.68. The minimum Gasteiger partial charge on any atom is -0.444 e. The Morgan fingerprint density at radius 3 is 1.21 bits per heavy atom. The monoisotopic (exact) mass is 1130 g/mol. The summed E-state index contributed by atoms with van der Waals surface area (Å²) in [6, 6.07) is -1.35. The molecule has 2 aliphatic heterocycles. The number of rotatable bonds is 18. The molecule has 2 heterocycles. The fraction of sp³-hybridized carbons (Fsp3) is 0.867. The first-order chi connectivity index (χ1) is 35.9. The number of carbonyl (C=O) groups excluding carboxylic acids is 6. The van der Waals surface area contributed by atoms with E-state index >= 15 is 0 Å². The third-order valence-corrected chi connectivity index (χ3v) is 27.7. The normalized spacial score (nSPS) is 34.8. The van der Waals surface area contributed by atoms with Gasteiger partial charge < -0.3 is 9.47 Å². The first-order valence-corrected chi connectivity index (χ1v) is 32.7. The molecule has 0 aromatic carbocycles. The van der Waals surface area contributed by atoms with Crippen LogP contribution in [0.3, 0.4) is 0 Å². The van der Waals surface area contributed by atoms with E-state index in [1.165, 1.54) is 6.42 Å². The maximum absolute atomic E-state index is 14.1. The smallest absolute Gasteiger partial charge is 0.410 e. The molecule has 18 heteroatoms. The van der Waals surface area contributed by atoms with Crippen LogP contribution in [0.5, 0.6) is 0 Å². The van der Waals surface area contributed by atoms with Crippen LogP contribution in [0.25, 0.3) is 0 Å². The lowest BCUT2D eigenvalue weighted by Gasteiger charge is -2.32. The van der Waals surface area contributed by atoms with Crippen molar-refractivity contribution < 1.29 is 55.1 Å². The average molecular weight is 1130 g/mol. The van der Waals surface area contributed by atoms with E-state index in [0.717, 1.165) is 44.9 Å². The van der Waals surface area contributed by atoms with Crippen LogP contribution in [0.1, 0.15) is 225 Å². The second kappa shape index (κ2) is 18.5. The first-order valence-electron chi connectivity index (χ1n) is 29.8. The van der Waals surface area contributed by atoms with Crippen molar-refractivity contribution in [1.82, 2.24) is 19.2 Å². The molecule has 0 unspecified atom stereocenters. The molecule has 0 bridgehead atoms. The van der Waals surface area contributed by atoms with Gasteiger partial charge in [-0.2, -0.15) is 0 Å². The van der Waals surface area contributed by atoms with Crippen LogP contribution in [-0.2, 0) is 48.7 Å². The highest BCUT2D eigenvalue weighted by Gasteiger charge is 2.86. The molecule has 10 rings (SSSR count). The maximum atomic E-state index is 14.1. The summed E-state index contributed by atoms with van der Waals surface area (Å²) in [5, 5.41) is 0. The summed E-state index contributed by atoms with van der Waals surface area (Å²) in [5.41, 5.74) is -3.50. The fourth-order valence-electron chi connectivity index (χ4n) is 17.5. The summed E-state index contributed by atoms with van der Waals surface area (Å²) in [7, 11) is -7.66. The van der Waals surface area contributed by atoms with Crippen molar-refractivity contribution in [3.63, 3.8) is 0 Å². The number of fused-ring (bicyclic) bond motifs is 2. The summed E-state index contributed by atoms with van der Waals surface area (Å²) in [5.74, 6) is -1.81. The molecule has 0 radical (unpaired) electrons. The summed E-state index contributed by atoms with van der Waals surface area (Å²) in [4.78, 5) is 85.3. The van der Waals surface area contributed by atoms with E-state index < -0.39 is 87.7 Å². The molecule has 16 nitrogen and oxygen atoms in total. The van der Waals surface area contributed by atoms with E-state index in [2.05, 4.69) is 43.7 Å². The molecule has 4 amide bonds. The van der Waals surface area contributed by atoms with Gasteiger partial charge in [-0.25, -0.2) is 26.4 Å². The minimum atomic E-state index is -3.85. The van der Waals surface area contributed by atoms with E-state index in [9.17, 15) is 45.6 Å². The van der Waals surface area contributed by atoms with Gasteiger partial charge in [0.2, 0.25) is 31.9 Å². The lowest BCUT2D eigenvalue weighted by atomic mass is 9.73. The Morgan fingerprint density at radius 2 is 0.936 bits per heavy atom. The molecule has 4 spiro atoms. The third-order valence-electron chi connectivity index (χ3n) is 23.3. The van der Waals surface area contributed by atoms with Gasteiger partial charge in [0.1, 0.15) is 11.2 Å². The van der Waals surface area contributed by atoms with Crippen LogP contribution in [0.15, 0.2) is 12.7 Å². The van der Waals surface area contributed by atoms with Crippen molar-refractivity contribution in [2.75, 3.05) is 13.1 Å². The van der Waals surface area contributed by atoms with Gasteiger partial charge in [-0.1, -0.05) is 86.6 Å². The van der Waals surface area contributed by atoms with Gasteiger partial charge in [0.15, 0.2) is 11.6 Å². The maximum Gasteiger partial charge on any atom is 0.410 e. The largest absolute Gasteiger partial charge is 0.444 e. The number of nitrogens with one attached hydrogen (secondary N) is 2. The molecule has 0 aromatic heterocycles. The quantitative estimate of drug-likeness (QED) is 0.122. The number of amides is 4. The number of sulfonamides is 2. The van der Waals surface area contributed by atoms with Gasteiger partial charge in [0, 0.05) is 36.8 Å². The van der Waals surface area contributed by atoms with E-state index in [-0.39, 0.29) is 68.7 Å². The van der Waals surface area contributed by atoms with Crippen LogP contribution in [0.2, 0.25) is 0 Å². The van der Waals surface area contributed by atoms with Gasteiger partial charge in [0.25, 0.3) is 0 Å². The molecule has 78 heavy (non-hydrogen) atoms. The van der Waals surface area contributed by atoms with Crippen LogP contribution < -0.4 is 9.44 Å². The Balaban J connectivity index is 0.000000190. The van der Waals surface area contributed by atoms with E-state index in [1.807, 2.05) is 62.3 Å². The van der Waals surface area contributed by atoms with Gasteiger partial charge in [0.05, 0.1) is 32.4 Å². The highest BCUT2D eigenvalue weighted by atomic mass is 32.2. The SMILES string of the molecule is C=C[C@@H]1C[C@]1(CC(=O)[C@@H]1C[C@@]2(CN1C(=O)OC(C)(C)C)C(C)(C)C21CCC1)C(=O)NS(=O)(=O)C1(CCC)CC1.CCCC1(S(=O)(=O)NC(=O)[C@@]2(CC(=O)[C@@H]3C[C@@]4(CN3C(=O)OC(C)(C)C)C(C)(C)C43CCC3)C[C@H]2CC)CC1. The molecule has 8 aliphatic carbocycles. The number of allylic oxidation sites excluding steroid dienone is 1. The van der Waals surface area contributed by atoms with E-state index in [1.54, 1.807) is 15.9 Å². The lowest BCUT2D eigenvalue weighted by Crippen LogP contribution is -2.47. The first kappa shape index (κ1) is 59.1. The van der Waals surface area contributed by atoms with E-state index in [4.69, 9.17) is 9.47 Å². The van der Waals surface area contributed by atoms with Crippen molar-refractivity contribution in [2.24, 2.45) is 55.2 Å².